The van der Waals surface area contributed by atoms with E-state index in [1.165, 1.54) is 6.07 Å². The number of aromatic amines is 1. The lowest BCUT2D eigenvalue weighted by Gasteiger charge is -2.05. The molecule has 0 aliphatic heterocycles. The molecule has 0 aromatic carbocycles. The Labute approximate surface area is 70.4 Å². The molecule has 4 nitrogen and oxygen atoms in total. The van der Waals surface area contributed by atoms with Gasteiger partial charge in [0.15, 0.2) is 5.75 Å². The number of pyridine rings is 1. The summed E-state index contributed by atoms with van der Waals surface area (Å²) in [4.78, 5) is 14.0. The summed E-state index contributed by atoms with van der Waals surface area (Å²) >= 11 is 0. The zero-order valence-electron chi connectivity index (χ0n) is 6.96. The van der Waals surface area contributed by atoms with Crippen molar-refractivity contribution in [2.45, 2.75) is 6.92 Å². The summed E-state index contributed by atoms with van der Waals surface area (Å²) in [6.45, 7) is 2.56. The minimum Gasteiger partial charge on any atom is -0.486 e. The molecule has 0 unspecified atom stereocenters. The van der Waals surface area contributed by atoms with E-state index < -0.39 is 0 Å². The quantitative estimate of drug-likeness (QED) is 0.668. The molecule has 0 aliphatic carbocycles. The van der Waals surface area contributed by atoms with Crippen molar-refractivity contribution in [1.29, 1.82) is 0 Å². The molecule has 0 amide bonds. The fourth-order valence-electron chi connectivity index (χ4n) is 0.909. The van der Waals surface area contributed by atoms with Gasteiger partial charge in [-0.05, 0) is 6.92 Å². The third-order valence-corrected chi connectivity index (χ3v) is 1.46. The second-order valence-electron chi connectivity index (χ2n) is 2.43. The van der Waals surface area contributed by atoms with Gasteiger partial charge in [-0.3, -0.25) is 4.79 Å². The fraction of sp³-hybridized carbons (Fsp3) is 0.375. The molecule has 0 atom stereocenters. The van der Waals surface area contributed by atoms with Gasteiger partial charge in [0.2, 0.25) is 5.43 Å². The molecule has 0 spiro atoms. The van der Waals surface area contributed by atoms with Gasteiger partial charge in [0, 0.05) is 18.8 Å². The molecule has 1 aromatic rings. The third-order valence-electron chi connectivity index (χ3n) is 1.46. The van der Waals surface area contributed by atoms with Crippen LogP contribution in [0.15, 0.2) is 17.1 Å². The average Bonchev–Trinajstić information content (AvgIpc) is 2.04. The maximum Gasteiger partial charge on any atom is 0.223 e. The molecule has 66 valence electrons. The zero-order valence-corrected chi connectivity index (χ0v) is 6.96. The van der Waals surface area contributed by atoms with Crippen LogP contribution in [-0.2, 0) is 0 Å². The summed E-state index contributed by atoms with van der Waals surface area (Å²) < 4.78 is 5.15. The maximum atomic E-state index is 11.2. The first-order valence-electron chi connectivity index (χ1n) is 3.77. The highest BCUT2D eigenvalue weighted by Gasteiger charge is 2.02. The van der Waals surface area contributed by atoms with Crippen molar-refractivity contribution in [2.24, 2.45) is 5.73 Å². The molecule has 4 heteroatoms. The monoisotopic (exact) mass is 168 g/mol. The second kappa shape index (κ2) is 3.92. The standard InChI is InChI=1S/C8H12N2O2/c1-6-8(12-5-3-9)7(11)2-4-10-6/h2,4H,3,5,9H2,1H3,(H,10,11). The maximum absolute atomic E-state index is 11.2. The Bertz CT molecular complexity index is 306. The molecule has 0 saturated carbocycles. The molecule has 0 fully saturated rings. The SMILES string of the molecule is Cc1[nH]ccc(=O)c1OCCN. The number of nitrogens with one attached hydrogen (secondary N) is 1. The highest BCUT2D eigenvalue weighted by molar-refractivity contribution is 5.25. The van der Waals surface area contributed by atoms with Crippen LogP contribution in [0.4, 0.5) is 0 Å². The van der Waals surface area contributed by atoms with Crippen molar-refractivity contribution in [3.05, 3.63) is 28.2 Å². The molecule has 0 aliphatic rings. The molecule has 1 heterocycles. The van der Waals surface area contributed by atoms with E-state index in [1.54, 1.807) is 13.1 Å². The summed E-state index contributed by atoms with van der Waals surface area (Å²) in [5.41, 5.74) is 5.86. The second-order valence-corrected chi connectivity index (χ2v) is 2.43. The van der Waals surface area contributed by atoms with Crippen LogP contribution < -0.4 is 15.9 Å². The summed E-state index contributed by atoms with van der Waals surface area (Å²) in [7, 11) is 0. The Kier molecular flexibility index (Phi) is 2.88. The van der Waals surface area contributed by atoms with Crippen LogP contribution >= 0.6 is 0 Å². The smallest absolute Gasteiger partial charge is 0.223 e. The highest BCUT2D eigenvalue weighted by Crippen LogP contribution is 2.06. The van der Waals surface area contributed by atoms with E-state index in [0.29, 0.717) is 18.9 Å². The highest BCUT2D eigenvalue weighted by atomic mass is 16.5. The third kappa shape index (κ3) is 1.85. The number of hydrogen-bond donors (Lipinski definition) is 2. The number of rotatable bonds is 3. The number of aryl methyl sites for hydroxylation is 1. The van der Waals surface area contributed by atoms with Crippen LogP contribution in [0.2, 0.25) is 0 Å². The normalized spacial score (nSPS) is 9.83. The van der Waals surface area contributed by atoms with E-state index in [0.717, 1.165) is 5.69 Å². The lowest BCUT2D eigenvalue weighted by molar-refractivity contribution is 0.321. The lowest BCUT2D eigenvalue weighted by Crippen LogP contribution is -2.16. The van der Waals surface area contributed by atoms with Crippen LogP contribution in [0.3, 0.4) is 0 Å². The minimum absolute atomic E-state index is 0.111. The van der Waals surface area contributed by atoms with Crippen molar-refractivity contribution in [2.75, 3.05) is 13.2 Å². The molecule has 0 radical (unpaired) electrons. The molecular weight excluding hydrogens is 156 g/mol. The Morgan fingerprint density at radius 1 is 1.67 bits per heavy atom. The summed E-state index contributed by atoms with van der Waals surface area (Å²) in [6, 6.07) is 1.43. The topological polar surface area (TPSA) is 68.1 Å². The predicted octanol–water partition coefficient (Wildman–Crippen LogP) is 0.0208. The van der Waals surface area contributed by atoms with E-state index in [1.807, 2.05) is 0 Å². The van der Waals surface area contributed by atoms with Gasteiger partial charge in [0.05, 0.1) is 5.69 Å². The van der Waals surface area contributed by atoms with Gasteiger partial charge >= 0.3 is 0 Å². The molecule has 0 bridgehead atoms. The van der Waals surface area contributed by atoms with Crippen LogP contribution in [0.25, 0.3) is 0 Å². The Hall–Kier alpha value is -1.29. The first kappa shape index (κ1) is 8.80. The Balaban J connectivity index is 2.89. The van der Waals surface area contributed by atoms with Crippen LogP contribution in [-0.4, -0.2) is 18.1 Å². The predicted molar refractivity (Wildman–Crippen MR) is 46.3 cm³/mol. The molecule has 3 N–H and O–H groups in total. The van der Waals surface area contributed by atoms with Gasteiger partial charge in [-0.2, -0.15) is 0 Å². The first-order valence-corrected chi connectivity index (χ1v) is 3.77. The van der Waals surface area contributed by atoms with Gasteiger partial charge in [-0.25, -0.2) is 0 Å². The van der Waals surface area contributed by atoms with Crippen molar-refractivity contribution < 1.29 is 4.74 Å². The summed E-state index contributed by atoms with van der Waals surface area (Å²) in [6.07, 6.45) is 1.59. The zero-order chi connectivity index (χ0) is 8.97. The van der Waals surface area contributed by atoms with E-state index in [4.69, 9.17) is 10.5 Å². The van der Waals surface area contributed by atoms with Crippen molar-refractivity contribution in [3.63, 3.8) is 0 Å². The van der Waals surface area contributed by atoms with Gasteiger partial charge in [-0.1, -0.05) is 0 Å². The first-order chi connectivity index (χ1) is 5.75. The lowest BCUT2D eigenvalue weighted by atomic mass is 10.3. The van der Waals surface area contributed by atoms with Crippen LogP contribution in [0, 0.1) is 6.92 Å². The van der Waals surface area contributed by atoms with E-state index in [-0.39, 0.29) is 5.43 Å². The molecular formula is C8H12N2O2. The van der Waals surface area contributed by atoms with Gasteiger partial charge in [0.25, 0.3) is 0 Å². The van der Waals surface area contributed by atoms with Crippen LogP contribution in [0.1, 0.15) is 5.69 Å². The number of nitrogens with two attached hydrogens (primary N) is 1. The Morgan fingerprint density at radius 2 is 2.42 bits per heavy atom. The largest absolute Gasteiger partial charge is 0.486 e. The van der Waals surface area contributed by atoms with Crippen molar-refractivity contribution >= 4 is 0 Å². The molecule has 0 saturated heterocycles. The van der Waals surface area contributed by atoms with Gasteiger partial charge in [-0.15, -0.1) is 0 Å². The number of hydrogen-bond acceptors (Lipinski definition) is 3. The fourth-order valence-corrected chi connectivity index (χ4v) is 0.909. The Morgan fingerprint density at radius 3 is 3.00 bits per heavy atom. The molecule has 12 heavy (non-hydrogen) atoms. The van der Waals surface area contributed by atoms with Crippen molar-refractivity contribution in [3.8, 4) is 5.75 Å². The van der Waals surface area contributed by atoms with Gasteiger partial charge < -0.3 is 15.5 Å². The minimum atomic E-state index is -0.111. The molecule has 1 aromatic heterocycles. The van der Waals surface area contributed by atoms with E-state index in [2.05, 4.69) is 4.98 Å². The van der Waals surface area contributed by atoms with Gasteiger partial charge in [0.1, 0.15) is 6.61 Å². The van der Waals surface area contributed by atoms with E-state index in [9.17, 15) is 4.79 Å². The number of ether oxygens (including phenoxy) is 1. The number of aromatic nitrogens is 1. The number of H-pyrrole nitrogens is 1. The van der Waals surface area contributed by atoms with Crippen LogP contribution in [0.5, 0.6) is 5.75 Å². The molecule has 1 rings (SSSR count). The van der Waals surface area contributed by atoms with Crippen molar-refractivity contribution in [1.82, 2.24) is 4.98 Å². The summed E-state index contributed by atoms with van der Waals surface area (Å²) in [5.74, 6) is 0.364. The average molecular weight is 168 g/mol. The van der Waals surface area contributed by atoms with E-state index >= 15 is 0 Å². The summed E-state index contributed by atoms with van der Waals surface area (Å²) in [5, 5.41) is 0.